The average molecular weight is 319 g/mol. The smallest absolute Gasteiger partial charge is 0.206 e. The first-order valence-corrected chi connectivity index (χ1v) is 7.18. The monoisotopic (exact) mass is 318 g/mol. The molecule has 86 valence electrons. The van der Waals surface area contributed by atoms with Crippen LogP contribution in [0.4, 0.5) is 5.13 Å². The normalized spacial score (nSPS) is 12.8. The molecule has 2 rings (SSSR count). The molecule has 1 N–H and O–H groups in total. The summed E-state index contributed by atoms with van der Waals surface area (Å²) < 4.78 is 0.791. The number of anilines is 1. The highest BCUT2D eigenvalue weighted by Crippen LogP contribution is 2.29. The van der Waals surface area contributed by atoms with E-state index >= 15 is 0 Å². The summed E-state index contributed by atoms with van der Waals surface area (Å²) in [5.74, 6) is 0. The molecular weight excluding hydrogens is 308 g/mol. The summed E-state index contributed by atoms with van der Waals surface area (Å²) in [5.41, 5.74) is 1.09. The van der Waals surface area contributed by atoms with E-state index in [2.05, 4.69) is 43.4 Å². The lowest BCUT2D eigenvalue weighted by atomic mass is 10.2. The first kappa shape index (κ1) is 11.9. The lowest BCUT2D eigenvalue weighted by Gasteiger charge is -2.10. The highest BCUT2D eigenvalue weighted by molar-refractivity contribution is 9.11. The first-order chi connectivity index (χ1) is 7.56. The van der Waals surface area contributed by atoms with E-state index in [1.807, 2.05) is 13.8 Å². The number of nitrogens with one attached hydrogen (secondary N) is 1. The van der Waals surface area contributed by atoms with Crippen molar-refractivity contribution in [1.29, 1.82) is 0 Å². The van der Waals surface area contributed by atoms with Gasteiger partial charge in [-0.1, -0.05) is 11.3 Å². The van der Waals surface area contributed by atoms with Crippen molar-refractivity contribution < 1.29 is 0 Å². The summed E-state index contributed by atoms with van der Waals surface area (Å²) in [6.07, 6.45) is 0. The van der Waals surface area contributed by atoms with E-state index in [0.717, 1.165) is 19.8 Å². The minimum absolute atomic E-state index is 0.214. The molecule has 0 fully saturated rings. The Morgan fingerprint density at radius 1 is 1.25 bits per heavy atom. The van der Waals surface area contributed by atoms with Crippen molar-refractivity contribution in [1.82, 2.24) is 15.2 Å². The van der Waals surface area contributed by atoms with Gasteiger partial charge in [-0.15, -0.1) is 21.5 Å². The summed E-state index contributed by atoms with van der Waals surface area (Å²) in [6.45, 7) is 6.16. The van der Waals surface area contributed by atoms with Crippen LogP contribution in [0, 0.1) is 13.8 Å². The van der Waals surface area contributed by atoms with Crippen LogP contribution >= 0.6 is 38.6 Å². The Morgan fingerprint density at radius 3 is 2.50 bits per heavy atom. The second-order valence-electron chi connectivity index (χ2n) is 3.41. The molecule has 0 aliphatic heterocycles. The second kappa shape index (κ2) is 4.77. The molecule has 0 saturated heterocycles. The third-order valence-corrected chi connectivity index (χ3v) is 4.62. The van der Waals surface area contributed by atoms with Gasteiger partial charge in [-0.3, -0.25) is 0 Å². The fourth-order valence-corrected chi connectivity index (χ4v) is 3.49. The Hall–Kier alpha value is -0.530. The SMILES string of the molecule is Cc1nc(C)c(C(C)Nc2nnc(Br)s2)s1. The van der Waals surface area contributed by atoms with Crippen LogP contribution in [0.2, 0.25) is 0 Å². The standard InChI is InChI=1S/C9H11BrN4S2/c1-4-7(15-6(3)11-4)5(2)12-9-14-13-8(10)16-9/h5H,1-3H3,(H,12,14). The van der Waals surface area contributed by atoms with Crippen LogP contribution < -0.4 is 5.32 Å². The van der Waals surface area contributed by atoms with Gasteiger partial charge in [0.15, 0.2) is 3.92 Å². The Labute approximate surface area is 110 Å². The van der Waals surface area contributed by atoms with Crippen molar-refractivity contribution in [3.8, 4) is 0 Å². The molecule has 0 saturated carbocycles. The number of hydrogen-bond acceptors (Lipinski definition) is 6. The molecule has 0 radical (unpaired) electrons. The predicted molar refractivity (Wildman–Crippen MR) is 71.2 cm³/mol. The number of halogens is 1. The van der Waals surface area contributed by atoms with Crippen molar-refractivity contribution >= 4 is 43.7 Å². The maximum Gasteiger partial charge on any atom is 0.206 e. The fourth-order valence-electron chi connectivity index (χ4n) is 1.46. The quantitative estimate of drug-likeness (QED) is 0.940. The van der Waals surface area contributed by atoms with Gasteiger partial charge < -0.3 is 5.32 Å². The number of aromatic nitrogens is 3. The molecule has 1 unspecified atom stereocenters. The molecule has 0 aromatic carbocycles. The van der Waals surface area contributed by atoms with Crippen LogP contribution in [-0.2, 0) is 0 Å². The third kappa shape index (κ3) is 2.58. The molecule has 0 amide bonds. The highest BCUT2D eigenvalue weighted by atomic mass is 79.9. The third-order valence-electron chi connectivity index (χ3n) is 2.07. The van der Waals surface area contributed by atoms with E-state index in [9.17, 15) is 0 Å². The van der Waals surface area contributed by atoms with Crippen LogP contribution in [0.5, 0.6) is 0 Å². The summed E-state index contributed by atoms with van der Waals surface area (Å²) in [5, 5.41) is 13.2. The van der Waals surface area contributed by atoms with E-state index in [4.69, 9.17) is 0 Å². The van der Waals surface area contributed by atoms with Gasteiger partial charge in [0, 0.05) is 4.88 Å². The minimum Gasteiger partial charge on any atom is -0.353 e. The van der Waals surface area contributed by atoms with E-state index < -0.39 is 0 Å². The van der Waals surface area contributed by atoms with Crippen LogP contribution in [0.3, 0.4) is 0 Å². The molecular formula is C9H11BrN4S2. The van der Waals surface area contributed by atoms with Crippen molar-refractivity contribution in [3.05, 3.63) is 19.5 Å². The first-order valence-electron chi connectivity index (χ1n) is 4.75. The number of thiazole rings is 1. The lowest BCUT2D eigenvalue weighted by molar-refractivity contribution is 0.878. The average Bonchev–Trinajstić information content (AvgIpc) is 2.73. The van der Waals surface area contributed by atoms with Gasteiger partial charge in [-0.05, 0) is 36.7 Å². The second-order valence-corrected chi connectivity index (χ2v) is 6.90. The van der Waals surface area contributed by atoms with E-state index in [0.29, 0.717) is 0 Å². The molecule has 2 aromatic rings. The van der Waals surface area contributed by atoms with Crippen LogP contribution in [0.25, 0.3) is 0 Å². The number of rotatable bonds is 3. The van der Waals surface area contributed by atoms with E-state index in [-0.39, 0.29) is 6.04 Å². The molecule has 7 heteroatoms. The highest BCUT2D eigenvalue weighted by Gasteiger charge is 2.14. The van der Waals surface area contributed by atoms with Gasteiger partial charge in [-0.25, -0.2) is 4.98 Å². The van der Waals surface area contributed by atoms with Gasteiger partial charge in [-0.2, -0.15) is 0 Å². The largest absolute Gasteiger partial charge is 0.353 e. The Morgan fingerprint density at radius 2 is 2.00 bits per heavy atom. The van der Waals surface area contributed by atoms with E-state index in [1.165, 1.54) is 16.2 Å². The molecule has 16 heavy (non-hydrogen) atoms. The van der Waals surface area contributed by atoms with Crippen LogP contribution in [-0.4, -0.2) is 15.2 Å². The summed E-state index contributed by atoms with van der Waals surface area (Å²) >= 11 is 6.50. The molecule has 0 spiro atoms. The lowest BCUT2D eigenvalue weighted by Crippen LogP contribution is -2.05. The molecule has 0 aliphatic carbocycles. The molecule has 0 aliphatic rings. The number of nitrogens with zero attached hydrogens (tertiary/aromatic N) is 3. The van der Waals surface area contributed by atoms with Crippen LogP contribution in [0.15, 0.2) is 3.92 Å². The Kier molecular flexibility index (Phi) is 3.56. The molecule has 0 bridgehead atoms. The maximum absolute atomic E-state index is 4.42. The zero-order chi connectivity index (χ0) is 11.7. The van der Waals surface area contributed by atoms with Crippen molar-refractivity contribution in [2.45, 2.75) is 26.8 Å². The number of aryl methyl sites for hydroxylation is 2. The summed E-state index contributed by atoms with van der Waals surface area (Å²) in [7, 11) is 0. The van der Waals surface area contributed by atoms with Crippen LogP contribution in [0.1, 0.15) is 28.5 Å². The molecule has 2 heterocycles. The maximum atomic E-state index is 4.42. The number of hydrogen-bond donors (Lipinski definition) is 1. The Balaban J connectivity index is 2.14. The van der Waals surface area contributed by atoms with Gasteiger partial charge in [0.1, 0.15) is 0 Å². The molecule has 1 atom stereocenters. The minimum atomic E-state index is 0.214. The summed E-state index contributed by atoms with van der Waals surface area (Å²) in [4.78, 5) is 5.67. The van der Waals surface area contributed by atoms with Gasteiger partial charge in [0.25, 0.3) is 0 Å². The van der Waals surface area contributed by atoms with Crippen molar-refractivity contribution in [2.24, 2.45) is 0 Å². The van der Waals surface area contributed by atoms with Crippen molar-refractivity contribution in [3.63, 3.8) is 0 Å². The van der Waals surface area contributed by atoms with Gasteiger partial charge in [0.2, 0.25) is 5.13 Å². The zero-order valence-electron chi connectivity index (χ0n) is 9.11. The van der Waals surface area contributed by atoms with Gasteiger partial charge in [0.05, 0.1) is 16.7 Å². The molecule has 2 aromatic heterocycles. The van der Waals surface area contributed by atoms with Gasteiger partial charge >= 0.3 is 0 Å². The van der Waals surface area contributed by atoms with E-state index in [1.54, 1.807) is 11.3 Å². The summed E-state index contributed by atoms with van der Waals surface area (Å²) in [6, 6.07) is 0.214. The Bertz CT molecular complexity index is 493. The topological polar surface area (TPSA) is 50.7 Å². The predicted octanol–water partition coefficient (Wildman–Crippen LogP) is 3.55. The van der Waals surface area contributed by atoms with Crippen molar-refractivity contribution in [2.75, 3.05) is 5.32 Å². The zero-order valence-corrected chi connectivity index (χ0v) is 12.3. The molecule has 4 nitrogen and oxygen atoms in total. The fraction of sp³-hybridized carbons (Fsp3) is 0.444.